The number of hydrogen-bond acceptors (Lipinski definition) is 6. The third-order valence-corrected chi connectivity index (χ3v) is 7.89. The van der Waals surface area contributed by atoms with E-state index < -0.39 is 40.9 Å². The number of piperidine rings is 1. The number of likely N-dealkylation sites (tertiary alicyclic amines) is 1. The monoisotopic (exact) mass is 568 g/mol. The third kappa shape index (κ3) is 5.46. The molecule has 2 aliphatic heterocycles. The molecule has 38 heavy (non-hydrogen) atoms. The van der Waals surface area contributed by atoms with Gasteiger partial charge < -0.3 is 14.3 Å². The molecule has 0 spiro atoms. The van der Waals surface area contributed by atoms with E-state index >= 15 is 0 Å². The van der Waals surface area contributed by atoms with Crippen LogP contribution in [-0.4, -0.2) is 39.2 Å². The average Bonchev–Trinajstić information content (AvgIpc) is 3.57. The van der Waals surface area contributed by atoms with E-state index in [1.165, 1.54) is 22.3 Å². The predicted octanol–water partition coefficient (Wildman–Crippen LogP) is 5.39. The normalized spacial score (nSPS) is 18.4. The van der Waals surface area contributed by atoms with E-state index in [-0.39, 0.29) is 11.7 Å². The minimum atomic E-state index is -4.69. The molecular weight excluding hydrogens is 548 g/mol. The summed E-state index contributed by atoms with van der Waals surface area (Å²) >= 11 is 7.15. The number of carbonyl (C=O) groups excluding carboxylic acids is 1. The zero-order chi connectivity index (χ0) is 27.0. The van der Waals surface area contributed by atoms with Gasteiger partial charge in [0.25, 0.3) is 5.56 Å². The van der Waals surface area contributed by atoms with Crippen molar-refractivity contribution in [1.29, 1.82) is 0 Å². The number of benzene rings is 1. The van der Waals surface area contributed by atoms with Crippen molar-refractivity contribution in [1.82, 2.24) is 14.5 Å². The highest BCUT2D eigenvalue weighted by molar-refractivity contribution is 7.10. The molecule has 1 unspecified atom stereocenters. The fourth-order valence-corrected chi connectivity index (χ4v) is 5.76. The number of aromatic nitrogens is 2. The van der Waals surface area contributed by atoms with Gasteiger partial charge in [0.15, 0.2) is 6.10 Å². The van der Waals surface area contributed by atoms with Crippen LogP contribution in [0.25, 0.3) is 0 Å². The highest BCUT2D eigenvalue weighted by atomic mass is 35.5. The summed E-state index contributed by atoms with van der Waals surface area (Å²) in [5.74, 6) is -0.721. The molecule has 7 nitrogen and oxygen atoms in total. The molecule has 13 heteroatoms. The summed E-state index contributed by atoms with van der Waals surface area (Å²) in [7, 11) is 0. The summed E-state index contributed by atoms with van der Waals surface area (Å²) in [4.78, 5) is 36.6. The van der Waals surface area contributed by atoms with Gasteiger partial charge in [-0.3, -0.25) is 9.59 Å². The second-order valence-corrected chi connectivity index (χ2v) is 10.4. The first-order valence-electron chi connectivity index (χ1n) is 11.8. The van der Waals surface area contributed by atoms with Crippen molar-refractivity contribution in [2.45, 2.75) is 44.0 Å². The molecule has 2 aromatic heterocycles. The number of hydrogen-bond donors (Lipinski definition) is 0. The Bertz CT molecular complexity index is 1450. The summed E-state index contributed by atoms with van der Waals surface area (Å²) in [6.07, 6.45) is -2.97. The molecule has 1 fully saturated rings. The largest absolute Gasteiger partial charge is 0.417 e. The lowest BCUT2D eigenvalue weighted by atomic mass is 9.97. The first-order valence-corrected chi connectivity index (χ1v) is 13.0. The van der Waals surface area contributed by atoms with E-state index in [2.05, 4.69) is 5.16 Å². The Morgan fingerprint density at radius 3 is 2.66 bits per heavy atom. The number of amides is 1. The smallest absolute Gasteiger partial charge is 0.387 e. The van der Waals surface area contributed by atoms with Crippen LogP contribution in [0, 0.1) is 5.82 Å². The lowest BCUT2D eigenvalue weighted by Crippen LogP contribution is -2.41. The van der Waals surface area contributed by atoms with Gasteiger partial charge in [0.2, 0.25) is 5.91 Å². The topological polar surface area (TPSA) is 76.8 Å². The minimum Gasteiger partial charge on any atom is -0.387 e. The van der Waals surface area contributed by atoms with Crippen molar-refractivity contribution in [3.05, 3.63) is 84.9 Å². The Morgan fingerprint density at radius 1 is 1.21 bits per heavy atom. The highest BCUT2D eigenvalue weighted by Gasteiger charge is 2.33. The molecule has 1 amide bonds. The number of oxime groups is 1. The number of halogens is 5. The van der Waals surface area contributed by atoms with Gasteiger partial charge >= 0.3 is 6.18 Å². The molecule has 0 aliphatic carbocycles. The Labute approximate surface area is 223 Å². The summed E-state index contributed by atoms with van der Waals surface area (Å²) in [6.45, 7) is 0.218. The van der Waals surface area contributed by atoms with Gasteiger partial charge in [0, 0.05) is 42.6 Å². The van der Waals surface area contributed by atoms with E-state index in [4.69, 9.17) is 21.4 Å². The molecule has 200 valence electrons. The van der Waals surface area contributed by atoms with Crippen molar-refractivity contribution < 1.29 is 27.2 Å². The summed E-state index contributed by atoms with van der Waals surface area (Å²) in [6, 6.07) is 6.95. The number of nitrogens with zero attached hydrogens (tertiary/aromatic N) is 4. The fraction of sp³-hybridized carbons (Fsp3) is 0.360. The van der Waals surface area contributed by atoms with Crippen molar-refractivity contribution in [3.8, 4) is 0 Å². The van der Waals surface area contributed by atoms with Gasteiger partial charge in [0.1, 0.15) is 23.1 Å². The Balaban J connectivity index is 1.18. The van der Waals surface area contributed by atoms with E-state index in [1.54, 1.807) is 18.2 Å². The maximum absolute atomic E-state index is 14.1. The zero-order valence-electron chi connectivity index (χ0n) is 19.8. The van der Waals surface area contributed by atoms with Crippen LogP contribution in [-0.2, 0) is 22.4 Å². The van der Waals surface area contributed by atoms with Crippen molar-refractivity contribution in [2.75, 3.05) is 13.1 Å². The zero-order valence-corrected chi connectivity index (χ0v) is 21.3. The van der Waals surface area contributed by atoms with Gasteiger partial charge in [-0.1, -0.05) is 35.0 Å². The van der Waals surface area contributed by atoms with Crippen LogP contribution >= 0.6 is 22.9 Å². The lowest BCUT2D eigenvalue weighted by Gasteiger charge is -2.31. The predicted molar refractivity (Wildman–Crippen MR) is 133 cm³/mol. The van der Waals surface area contributed by atoms with E-state index in [9.17, 15) is 27.2 Å². The SMILES string of the molecule is O=C(Cn1cc(C(F)(F)F)cc(Cl)c1=O)N1CCC(c2nc(C3=NOC(c4ccccc4F)C3)cs2)CC1. The van der Waals surface area contributed by atoms with E-state index in [1.807, 2.05) is 5.38 Å². The molecule has 0 saturated carbocycles. The fourth-order valence-electron chi connectivity index (χ4n) is 4.53. The molecule has 1 aromatic carbocycles. The second-order valence-electron chi connectivity index (χ2n) is 9.09. The van der Waals surface area contributed by atoms with Crippen LogP contribution in [0.3, 0.4) is 0 Å². The number of alkyl halides is 3. The van der Waals surface area contributed by atoms with Gasteiger partial charge in [-0.15, -0.1) is 11.3 Å². The van der Waals surface area contributed by atoms with Crippen LogP contribution in [0.4, 0.5) is 17.6 Å². The van der Waals surface area contributed by atoms with Gasteiger partial charge in [0.05, 0.1) is 16.3 Å². The number of thiazole rings is 1. The van der Waals surface area contributed by atoms with Crippen LogP contribution in [0.15, 0.2) is 51.9 Å². The maximum Gasteiger partial charge on any atom is 0.417 e. The number of carbonyl (C=O) groups is 1. The molecule has 0 radical (unpaired) electrons. The third-order valence-electron chi connectivity index (χ3n) is 6.61. The molecule has 4 heterocycles. The molecule has 0 N–H and O–H groups in total. The lowest BCUT2D eigenvalue weighted by molar-refractivity contribution is -0.139. The molecule has 1 saturated heterocycles. The van der Waals surface area contributed by atoms with E-state index in [0.29, 0.717) is 66.2 Å². The van der Waals surface area contributed by atoms with Crippen LogP contribution < -0.4 is 5.56 Å². The summed E-state index contributed by atoms with van der Waals surface area (Å²) < 4.78 is 54.0. The van der Waals surface area contributed by atoms with Crippen molar-refractivity contribution >= 4 is 34.6 Å². The molecule has 3 aromatic rings. The summed E-state index contributed by atoms with van der Waals surface area (Å²) in [5, 5.41) is 6.27. The Morgan fingerprint density at radius 2 is 1.95 bits per heavy atom. The molecular formula is C25H21ClF4N4O3S. The van der Waals surface area contributed by atoms with Crippen molar-refractivity contribution in [3.63, 3.8) is 0 Å². The Hall–Kier alpha value is -3.25. The van der Waals surface area contributed by atoms with Gasteiger partial charge in [-0.25, -0.2) is 9.37 Å². The van der Waals surface area contributed by atoms with Gasteiger partial charge in [-0.2, -0.15) is 13.2 Å². The summed E-state index contributed by atoms with van der Waals surface area (Å²) in [5.41, 5.74) is -0.199. The Kier molecular flexibility index (Phi) is 7.28. The van der Waals surface area contributed by atoms with Crippen molar-refractivity contribution in [2.24, 2.45) is 5.16 Å². The molecule has 1 atom stereocenters. The van der Waals surface area contributed by atoms with Crippen LogP contribution in [0.2, 0.25) is 5.02 Å². The quantitative estimate of drug-likeness (QED) is 0.387. The first-order chi connectivity index (χ1) is 18.1. The second kappa shape index (κ2) is 10.5. The van der Waals surface area contributed by atoms with Gasteiger partial charge in [-0.05, 0) is 25.0 Å². The first kappa shape index (κ1) is 26.4. The molecule has 0 bridgehead atoms. The van der Waals surface area contributed by atoms with E-state index in [0.717, 1.165) is 5.01 Å². The maximum atomic E-state index is 14.1. The molecule has 2 aliphatic rings. The standard InChI is InChI=1S/C25H21ClF4N4O3S/c26-17-9-15(25(28,29)30)11-34(24(17)36)12-22(35)33-7-5-14(6-8-33)23-31-20(13-38-23)19-10-21(37-32-19)16-3-1-2-4-18(16)27/h1-4,9,11,13-14,21H,5-8,10,12H2. The van der Waals surface area contributed by atoms with Crippen LogP contribution in [0.5, 0.6) is 0 Å². The number of rotatable bonds is 5. The minimum absolute atomic E-state index is 0.0915. The van der Waals surface area contributed by atoms with Crippen LogP contribution in [0.1, 0.15) is 53.1 Å². The average molecular weight is 569 g/mol. The number of pyridine rings is 1. The highest BCUT2D eigenvalue weighted by Crippen LogP contribution is 2.34. The molecule has 5 rings (SSSR count).